The van der Waals surface area contributed by atoms with E-state index in [0.29, 0.717) is 25.4 Å². The number of hydrogen-bond acceptors (Lipinski definition) is 4. The number of carbonyl (C=O) groups excluding carboxylic acids is 1. The third-order valence-corrected chi connectivity index (χ3v) is 5.23. The second kappa shape index (κ2) is 9.43. The molecule has 0 spiro atoms. The molecule has 7 nitrogen and oxygen atoms in total. The monoisotopic (exact) mass is 397 g/mol. The van der Waals surface area contributed by atoms with E-state index in [1.807, 2.05) is 29.2 Å². The van der Waals surface area contributed by atoms with Crippen molar-refractivity contribution in [3.05, 3.63) is 59.7 Å². The summed E-state index contributed by atoms with van der Waals surface area (Å²) in [6, 6.07) is 14.0. The fourth-order valence-corrected chi connectivity index (χ4v) is 3.41. The zero-order valence-corrected chi connectivity index (χ0v) is 16.9. The smallest absolute Gasteiger partial charge is 0.335 e. The number of amides is 2. The number of anilines is 1. The molecule has 154 valence electrons. The summed E-state index contributed by atoms with van der Waals surface area (Å²) >= 11 is 0. The molecular weight excluding hydrogens is 370 g/mol. The number of piperazine rings is 1. The summed E-state index contributed by atoms with van der Waals surface area (Å²) in [6.07, 6.45) is 0. The number of methoxy groups -OCH3 is 1. The highest BCUT2D eigenvalue weighted by atomic mass is 16.5. The van der Waals surface area contributed by atoms with Crippen LogP contribution in [0.15, 0.2) is 48.5 Å². The van der Waals surface area contributed by atoms with Crippen molar-refractivity contribution in [1.82, 2.24) is 9.80 Å². The van der Waals surface area contributed by atoms with Crippen molar-refractivity contribution < 1.29 is 19.4 Å². The van der Waals surface area contributed by atoms with Gasteiger partial charge in [0.1, 0.15) is 5.75 Å². The maximum Gasteiger partial charge on any atom is 0.335 e. The lowest BCUT2D eigenvalue weighted by molar-refractivity contribution is 0.0697. The first kappa shape index (κ1) is 20.7. The summed E-state index contributed by atoms with van der Waals surface area (Å²) in [5.41, 5.74) is 1.83. The normalized spacial score (nSPS) is 14.5. The Morgan fingerprint density at radius 2 is 1.76 bits per heavy atom. The molecule has 3 rings (SSSR count). The maximum absolute atomic E-state index is 13.4. The van der Waals surface area contributed by atoms with E-state index in [4.69, 9.17) is 9.84 Å². The Balaban J connectivity index is 1.85. The SMILES string of the molecule is CCN1CCN(C(=O)N(Cc2ccc(C(=O)O)cc2)c2cccc(OC)c2)CC1. The van der Waals surface area contributed by atoms with Gasteiger partial charge in [-0.2, -0.15) is 0 Å². The first-order valence-electron chi connectivity index (χ1n) is 9.77. The highest BCUT2D eigenvalue weighted by molar-refractivity contribution is 5.92. The van der Waals surface area contributed by atoms with E-state index in [2.05, 4.69) is 11.8 Å². The summed E-state index contributed by atoms with van der Waals surface area (Å²) in [7, 11) is 1.60. The molecule has 1 saturated heterocycles. The summed E-state index contributed by atoms with van der Waals surface area (Å²) in [6.45, 7) is 6.55. The largest absolute Gasteiger partial charge is 0.497 e. The average molecular weight is 397 g/mol. The molecule has 1 heterocycles. The van der Waals surface area contributed by atoms with Crippen molar-refractivity contribution in [2.75, 3.05) is 44.7 Å². The molecule has 1 aliphatic rings. The van der Waals surface area contributed by atoms with Crippen LogP contribution in [-0.2, 0) is 6.54 Å². The van der Waals surface area contributed by atoms with Crippen LogP contribution in [0.4, 0.5) is 10.5 Å². The van der Waals surface area contributed by atoms with Gasteiger partial charge in [-0.15, -0.1) is 0 Å². The highest BCUT2D eigenvalue weighted by Gasteiger charge is 2.26. The Morgan fingerprint density at radius 1 is 1.07 bits per heavy atom. The number of ether oxygens (including phenoxy) is 1. The van der Waals surface area contributed by atoms with Gasteiger partial charge in [-0.3, -0.25) is 4.90 Å². The van der Waals surface area contributed by atoms with Gasteiger partial charge in [-0.1, -0.05) is 25.1 Å². The first-order chi connectivity index (χ1) is 14.0. The number of urea groups is 1. The molecule has 0 radical (unpaired) electrons. The van der Waals surface area contributed by atoms with Gasteiger partial charge in [0, 0.05) is 37.9 Å². The lowest BCUT2D eigenvalue weighted by Gasteiger charge is -2.37. The number of benzene rings is 2. The summed E-state index contributed by atoms with van der Waals surface area (Å²) in [5, 5.41) is 9.10. The molecule has 1 aliphatic heterocycles. The second-order valence-electron chi connectivity index (χ2n) is 6.99. The zero-order valence-electron chi connectivity index (χ0n) is 16.9. The highest BCUT2D eigenvalue weighted by Crippen LogP contribution is 2.24. The van der Waals surface area contributed by atoms with Crippen LogP contribution >= 0.6 is 0 Å². The summed E-state index contributed by atoms with van der Waals surface area (Å²) in [4.78, 5) is 30.4. The van der Waals surface area contributed by atoms with Crippen LogP contribution in [0, 0.1) is 0 Å². The Hall–Kier alpha value is -3.06. The minimum atomic E-state index is -0.967. The molecule has 0 aliphatic carbocycles. The number of likely N-dealkylation sites (N-methyl/N-ethyl adjacent to an activating group) is 1. The van der Waals surface area contributed by atoms with E-state index in [0.717, 1.165) is 30.9 Å². The van der Waals surface area contributed by atoms with Crippen LogP contribution in [-0.4, -0.2) is 66.7 Å². The molecule has 0 atom stereocenters. The van der Waals surface area contributed by atoms with Gasteiger partial charge in [0.15, 0.2) is 0 Å². The summed E-state index contributed by atoms with van der Waals surface area (Å²) < 4.78 is 5.33. The molecule has 2 aromatic carbocycles. The van der Waals surface area contributed by atoms with Gasteiger partial charge in [-0.25, -0.2) is 9.59 Å². The molecular formula is C22H27N3O4. The van der Waals surface area contributed by atoms with Crippen molar-refractivity contribution >= 4 is 17.7 Å². The molecule has 29 heavy (non-hydrogen) atoms. The van der Waals surface area contributed by atoms with Crippen LogP contribution in [0.5, 0.6) is 5.75 Å². The lowest BCUT2D eigenvalue weighted by Crippen LogP contribution is -2.52. The minimum absolute atomic E-state index is 0.0590. The number of carboxylic acids is 1. The molecule has 0 bridgehead atoms. The first-order valence-corrected chi connectivity index (χ1v) is 9.77. The van der Waals surface area contributed by atoms with Gasteiger partial charge in [0.05, 0.1) is 19.2 Å². The van der Waals surface area contributed by atoms with E-state index >= 15 is 0 Å². The van der Waals surface area contributed by atoms with Crippen molar-refractivity contribution in [2.45, 2.75) is 13.5 Å². The van der Waals surface area contributed by atoms with Crippen molar-refractivity contribution in [3.8, 4) is 5.75 Å². The van der Waals surface area contributed by atoms with Crippen molar-refractivity contribution in [1.29, 1.82) is 0 Å². The molecule has 2 aromatic rings. The van der Waals surface area contributed by atoms with E-state index < -0.39 is 5.97 Å². The maximum atomic E-state index is 13.4. The zero-order chi connectivity index (χ0) is 20.8. The minimum Gasteiger partial charge on any atom is -0.497 e. The topological polar surface area (TPSA) is 73.3 Å². The number of carboxylic acid groups (broad SMARTS) is 1. The molecule has 7 heteroatoms. The molecule has 0 saturated carbocycles. The second-order valence-corrected chi connectivity index (χ2v) is 6.99. The van der Waals surface area contributed by atoms with Crippen LogP contribution in [0.25, 0.3) is 0 Å². The average Bonchev–Trinajstić information content (AvgIpc) is 2.77. The molecule has 0 unspecified atom stereocenters. The molecule has 2 amide bonds. The fraction of sp³-hybridized carbons (Fsp3) is 0.364. The standard InChI is InChI=1S/C22H27N3O4/c1-3-23-11-13-24(14-12-23)22(28)25(19-5-4-6-20(15-19)29-2)16-17-7-9-18(10-8-17)21(26)27/h4-10,15H,3,11-14,16H2,1-2H3,(H,26,27). The number of rotatable bonds is 6. The number of hydrogen-bond donors (Lipinski definition) is 1. The number of carbonyl (C=O) groups is 2. The molecule has 0 aromatic heterocycles. The quantitative estimate of drug-likeness (QED) is 0.811. The third-order valence-electron chi connectivity index (χ3n) is 5.23. The third kappa shape index (κ3) is 5.06. The van der Waals surface area contributed by atoms with Gasteiger partial charge < -0.3 is 19.6 Å². The van der Waals surface area contributed by atoms with Gasteiger partial charge in [-0.05, 0) is 36.4 Å². The predicted molar refractivity (Wildman–Crippen MR) is 112 cm³/mol. The van der Waals surface area contributed by atoms with E-state index in [1.54, 1.807) is 36.3 Å². The van der Waals surface area contributed by atoms with E-state index in [-0.39, 0.29) is 11.6 Å². The lowest BCUT2D eigenvalue weighted by atomic mass is 10.1. The van der Waals surface area contributed by atoms with Gasteiger partial charge in [0.2, 0.25) is 0 Å². The van der Waals surface area contributed by atoms with E-state index in [1.165, 1.54) is 0 Å². The Kier molecular flexibility index (Phi) is 6.72. The summed E-state index contributed by atoms with van der Waals surface area (Å²) in [5.74, 6) is -0.289. The van der Waals surface area contributed by atoms with Gasteiger partial charge in [0.25, 0.3) is 0 Å². The predicted octanol–water partition coefficient (Wildman–Crippen LogP) is 3.16. The van der Waals surface area contributed by atoms with E-state index in [9.17, 15) is 9.59 Å². The number of nitrogens with zero attached hydrogens (tertiary/aromatic N) is 3. The molecule has 1 fully saturated rings. The van der Waals surface area contributed by atoms with Crippen LogP contribution < -0.4 is 9.64 Å². The van der Waals surface area contributed by atoms with Crippen LogP contribution in [0.1, 0.15) is 22.8 Å². The molecule has 1 N–H and O–H groups in total. The van der Waals surface area contributed by atoms with Crippen LogP contribution in [0.3, 0.4) is 0 Å². The van der Waals surface area contributed by atoms with Crippen molar-refractivity contribution in [2.24, 2.45) is 0 Å². The van der Waals surface area contributed by atoms with Crippen molar-refractivity contribution in [3.63, 3.8) is 0 Å². The number of aromatic carboxylic acids is 1. The Labute approximate surface area is 171 Å². The van der Waals surface area contributed by atoms with Crippen LogP contribution in [0.2, 0.25) is 0 Å². The fourth-order valence-electron chi connectivity index (χ4n) is 3.41. The van der Waals surface area contributed by atoms with Gasteiger partial charge >= 0.3 is 12.0 Å². The Bertz CT molecular complexity index is 845. The Morgan fingerprint density at radius 3 is 2.34 bits per heavy atom.